The molecule has 0 fully saturated rings. The van der Waals surface area contributed by atoms with E-state index in [1.165, 1.54) is 24.0 Å². The maximum Gasteiger partial charge on any atom is 0.246 e. The molecule has 4 nitrogen and oxygen atoms in total. The topological polar surface area (TPSA) is 58.2 Å². The lowest BCUT2D eigenvalue weighted by molar-refractivity contribution is -0.117. The number of hydrogen-bond acceptors (Lipinski definition) is 3. The number of aryl methyl sites for hydroxylation is 1. The monoisotopic (exact) mass is 444 g/mol. The number of aldehydes is 1. The van der Waals surface area contributed by atoms with Crippen molar-refractivity contribution in [3.05, 3.63) is 71.3 Å². The highest BCUT2D eigenvalue weighted by molar-refractivity contribution is 6.14. The summed E-state index contributed by atoms with van der Waals surface area (Å²) in [6, 6.07) is 14.7. The molecule has 1 amide bonds. The molecule has 0 aliphatic rings. The Labute approximate surface area is 197 Å². The van der Waals surface area contributed by atoms with Gasteiger partial charge in [-0.25, -0.2) is 0 Å². The number of rotatable bonds is 12. The van der Waals surface area contributed by atoms with Gasteiger partial charge in [-0.3, -0.25) is 9.59 Å². The van der Waals surface area contributed by atoms with E-state index in [9.17, 15) is 9.59 Å². The van der Waals surface area contributed by atoms with Crippen LogP contribution in [0.2, 0.25) is 0 Å². The van der Waals surface area contributed by atoms with Gasteiger partial charge >= 0.3 is 0 Å². The van der Waals surface area contributed by atoms with E-state index in [1.54, 1.807) is 6.92 Å². The van der Waals surface area contributed by atoms with Crippen molar-refractivity contribution in [2.45, 2.75) is 53.0 Å². The first-order valence-electron chi connectivity index (χ1n) is 12.0. The zero-order valence-electron chi connectivity index (χ0n) is 20.2. The Morgan fingerprint density at radius 1 is 1.06 bits per heavy atom. The Hall–Kier alpha value is -2.98. The number of amides is 1. The average molecular weight is 445 g/mol. The molecule has 3 rings (SSSR count). The molecule has 0 aromatic heterocycles. The first-order valence-corrected chi connectivity index (χ1v) is 12.0. The standard InChI is InChI=1S/C29H36N2O2/c1-5-21(4)11-12-22-13-14-25-26(17-22)27(18-30-15-8-16-31-29(33)20(2)3)23-9-6-7-10-24(23)28(25)19-32/h6-7,9-10,13-14,17,19,21,30H,2,5,8,11-12,15-16,18H2,1,3-4H3,(H,31,33). The first-order chi connectivity index (χ1) is 16.0. The fraction of sp³-hybridized carbons (Fsp3) is 0.379. The van der Waals surface area contributed by atoms with Crippen LogP contribution in [0.4, 0.5) is 0 Å². The van der Waals surface area contributed by atoms with Gasteiger partial charge in [0.1, 0.15) is 0 Å². The summed E-state index contributed by atoms with van der Waals surface area (Å²) in [5.74, 6) is 0.607. The van der Waals surface area contributed by atoms with Gasteiger partial charge in [0.25, 0.3) is 0 Å². The van der Waals surface area contributed by atoms with Crippen LogP contribution in [-0.4, -0.2) is 25.3 Å². The second-order valence-corrected chi connectivity index (χ2v) is 9.05. The second kappa shape index (κ2) is 11.8. The normalized spacial score (nSPS) is 12.1. The predicted octanol–water partition coefficient (Wildman–Crippen LogP) is 5.96. The fourth-order valence-corrected chi connectivity index (χ4v) is 4.22. The maximum atomic E-state index is 12.1. The van der Waals surface area contributed by atoms with Gasteiger partial charge in [-0.05, 0) is 71.3 Å². The molecule has 0 saturated carbocycles. The molecule has 0 saturated heterocycles. The highest BCUT2D eigenvalue weighted by Gasteiger charge is 2.14. The molecule has 0 bridgehead atoms. The van der Waals surface area contributed by atoms with E-state index in [1.807, 2.05) is 18.2 Å². The van der Waals surface area contributed by atoms with Crippen molar-refractivity contribution in [2.24, 2.45) is 5.92 Å². The molecule has 174 valence electrons. The van der Waals surface area contributed by atoms with Gasteiger partial charge in [-0.2, -0.15) is 0 Å². The molecule has 0 aliphatic carbocycles. The number of nitrogens with one attached hydrogen (secondary N) is 2. The van der Waals surface area contributed by atoms with E-state index in [0.717, 1.165) is 52.8 Å². The van der Waals surface area contributed by atoms with Crippen LogP contribution in [0, 0.1) is 5.92 Å². The van der Waals surface area contributed by atoms with Gasteiger partial charge in [0.15, 0.2) is 6.29 Å². The van der Waals surface area contributed by atoms with Gasteiger partial charge in [-0.1, -0.05) is 69.3 Å². The Kier molecular flexibility index (Phi) is 8.79. The second-order valence-electron chi connectivity index (χ2n) is 9.05. The highest BCUT2D eigenvalue weighted by atomic mass is 16.1. The largest absolute Gasteiger partial charge is 0.352 e. The Morgan fingerprint density at radius 2 is 1.79 bits per heavy atom. The summed E-state index contributed by atoms with van der Waals surface area (Å²) in [5, 5.41) is 10.7. The quantitative estimate of drug-likeness (QED) is 0.157. The van der Waals surface area contributed by atoms with Crippen LogP contribution in [0.5, 0.6) is 0 Å². The van der Waals surface area contributed by atoms with Crippen molar-refractivity contribution in [3.8, 4) is 0 Å². The van der Waals surface area contributed by atoms with Crippen LogP contribution in [0.3, 0.4) is 0 Å². The lowest BCUT2D eigenvalue weighted by Crippen LogP contribution is -2.27. The van der Waals surface area contributed by atoms with E-state index in [2.05, 4.69) is 55.3 Å². The van der Waals surface area contributed by atoms with E-state index in [0.29, 0.717) is 24.6 Å². The van der Waals surface area contributed by atoms with Crippen molar-refractivity contribution in [1.29, 1.82) is 0 Å². The van der Waals surface area contributed by atoms with Crippen LogP contribution in [0.1, 0.15) is 61.5 Å². The molecule has 0 aliphatic heterocycles. The van der Waals surface area contributed by atoms with E-state index in [4.69, 9.17) is 0 Å². The molecule has 3 aromatic carbocycles. The molecular formula is C29H36N2O2. The predicted molar refractivity (Wildman–Crippen MR) is 139 cm³/mol. The number of fused-ring (bicyclic) bond motifs is 2. The minimum atomic E-state index is -0.0960. The highest BCUT2D eigenvalue weighted by Crippen LogP contribution is 2.33. The summed E-state index contributed by atoms with van der Waals surface area (Å²) in [6.07, 6.45) is 5.23. The Balaban J connectivity index is 1.87. The SMILES string of the molecule is C=C(C)C(=O)NCCCNCc1c2ccccc2c(C=O)c2ccc(CCC(C)CC)cc12. The summed E-state index contributed by atoms with van der Waals surface area (Å²) < 4.78 is 0. The zero-order valence-corrected chi connectivity index (χ0v) is 20.2. The van der Waals surface area contributed by atoms with E-state index in [-0.39, 0.29) is 5.91 Å². The molecule has 0 radical (unpaired) electrons. The average Bonchev–Trinajstić information content (AvgIpc) is 2.83. The fourth-order valence-electron chi connectivity index (χ4n) is 4.22. The lowest BCUT2D eigenvalue weighted by Gasteiger charge is -2.16. The van der Waals surface area contributed by atoms with Crippen molar-refractivity contribution in [1.82, 2.24) is 10.6 Å². The maximum absolute atomic E-state index is 12.1. The van der Waals surface area contributed by atoms with Crippen molar-refractivity contribution in [3.63, 3.8) is 0 Å². The minimum Gasteiger partial charge on any atom is -0.352 e. The minimum absolute atomic E-state index is 0.0960. The number of carbonyl (C=O) groups is 2. The molecular weight excluding hydrogens is 408 g/mol. The summed E-state index contributed by atoms with van der Waals surface area (Å²) in [4.78, 5) is 23.7. The van der Waals surface area contributed by atoms with Crippen molar-refractivity contribution >= 4 is 33.7 Å². The molecule has 0 heterocycles. The van der Waals surface area contributed by atoms with Gasteiger partial charge in [-0.15, -0.1) is 0 Å². The summed E-state index contributed by atoms with van der Waals surface area (Å²) in [7, 11) is 0. The molecule has 1 atom stereocenters. The van der Waals surface area contributed by atoms with Crippen molar-refractivity contribution in [2.75, 3.05) is 13.1 Å². The lowest BCUT2D eigenvalue weighted by atomic mass is 9.90. The third kappa shape index (κ3) is 6.08. The van der Waals surface area contributed by atoms with E-state index >= 15 is 0 Å². The van der Waals surface area contributed by atoms with Crippen molar-refractivity contribution < 1.29 is 9.59 Å². The zero-order chi connectivity index (χ0) is 23.8. The smallest absolute Gasteiger partial charge is 0.246 e. The molecule has 2 N–H and O–H groups in total. The number of carbonyl (C=O) groups excluding carboxylic acids is 2. The summed E-state index contributed by atoms with van der Waals surface area (Å²) in [6.45, 7) is 12.0. The molecule has 3 aromatic rings. The summed E-state index contributed by atoms with van der Waals surface area (Å²) in [5.41, 5.74) is 3.84. The third-order valence-corrected chi connectivity index (χ3v) is 6.49. The van der Waals surface area contributed by atoms with Crippen LogP contribution in [0.25, 0.3) is 21.5 Å². The first kappa shape index (κ1) is 24.7. The van der Waals surface area contributed by atoms with Gasteiger partial charge in [0.2, 0.25) is 5.91 Å². The molecule has 33 heavy (non-hydrogen) atoms. The van der Waals surface area contributed by atoms with E-state index < -0.39 is 0 Å². The Morgan fingerprint density at radius 3 is 2.48 bits per heavy atom. The molecule has 0 spiro atoms. The van der Waals surface area contributed by atoms with Crippen LogP contribution in [0.15, 0.2) is 54.6 Å². The molecule has 4 heteroatoms. The number of hydrogen-bond donors (Lipinski definition) is 2. The Bertz CT molecular complexity index is 1150. The third-order valence-electron chi connectivity index (χ3n) is 6.49. The molecule has 1 unspecified atom stereocenters. The summed E-state index contributed by atoms with van der Waals surface area (Å²) >= 11 is 0. The van der Waals surface area contributed by atoms with Crippen LogP contribution in [-0.2, 0) is 17.8 Å². The van der Waals surface area contributed by atoms with Crippen LogP contribution < -0.4 is 10.6 Å². The van der Waals surface area contributed by atoms with Gasteiger partial charge in [0, 0.05) is 24.2 Å². The number of benzene rings is 3. The van der Waals surface area contributed by atoms with Crippen LogP contribution >= 0.6 is 0 Å². The van der Waals surface area contributed by atoms with Gasteiger partial charge in [0.05, 0.1) is 0 Å². The van der Waals surface area contributed by atoms with Gasteiger partial charge < -0.3 is 10.6 Å².